The van der Waals surface area contributed by atoms with E-state index in [1.54, 1.807) is 6.92 Å². The van der Waals surface area contributed by atoms with E-state index in [9.17, 15) is 18.0 Å². The third-order valence-corrected chi connectivity index (χ3v) is 3.87. The van der Waals surface area contributed by atoms with E-state index in [1.807, 2.05) is 0 Å². The first-order valence-electron chi connectivity index (χ1n) is 5.78. The molecule has 0 radical (unpaired) electrons. The third-order valence-electron chi connectivity index (χ3n) is 2.99. The Bertz CT molecular complexity index is 634. The van der Waals surface area contributed by atoms with E-state index in [-0.39, 0.29) is 17.0 Å². The molecule has 0 aromatic carbocycles. The maximum atomic E-state index is 12.2. The monoisotopic (exact) mass is 303 g/mol. The van der Waals surface area contributed by atoms with E-state index >= 15 is 0 Å². The maximum Gasteiger partial charge on any atom is 0.326 e. The molecule has 0 spiro atoms. The van der Waals surface area contributed by atoms with Gasteiger partial charge in [0.15, 0.2) is 0 Å². The Balaban J connectivity index is 3.16. The molecular formula is C11H17N3O5S. The van der Waals surface area contributed by atoms with Gasteiger partial charge in [-0.3, -0.25) is 4.79 Å². The molecule has 1 amide bonds. The van der Waals surface area contributed by atoms with Gasteiger partial charge in [0.05, 0.1) is 0 Å². The van der Waals surface area contributed by atoms with Crippen molar-refractivity contribution in [1.82, 2.24) is 9.47 Å². The van der Waals surface area contributed by atoms with Crippen LogP contribution in [0.3, 0.4) is 0 Å². The first-order chi connectivity index (χ1) is 9.09. The Kier molecular flexibility index (Phi) is 4.56. The fourth-order valence-electron chi connectivity index (χ4n) is 1.84. The lowest BCUT2D eigenvalue weighted by atomic mass is 10.2. The molecule has 0 saturated carbocycles. The van der Waals surface area contributed by atoms with Gasteiger partial charge in [0.25, 0.3) is 5.91 Å². The number of carbonyl (C=O) groups is 2. The van der Waals surface area contributed by atoms with Crippen LogP contribution in [0.2, 0.25) is 0 Å². The molecule has 1 rings (SSSR count). The number of carbonyl (C=O) groups excluding carboxylic acids is 1. The normalized spacial score (nSPS) is 13.0. The Hall–Kier alpha value is -1.87. The number of aryl methyl sites for hydroxylation is 1. The van der Waals surface area contributed by atoms with Crippen LogP contribution in [0.15, 0.2) is 17.2 Å². The highest BCUT2D eigenvalue weighted by Gasteiger charge is 2.28. The van der Waals surface area contributed by atoms with E-state index in [0.29, 0.717) is 0 Å². The second kappa shape index (κ2) is 5.63. The van der Waals surface area contributed by atoms with Crippen LogP contribution in [0.25, 0.3) is 0 Å². The highest BCUT2D eigenvalue weighted by Crippen LogP contribution is 2.15. The van der Waals surface area contributed by atoms with Crippen molar-refractivity contribution >= 4 is 21.9 Å². The van der Waals surface area contributed by atoms with Crippen LogP contribution in [0, 0.1) is 0 Å². The molecule has 8 nitrogen and oxygen atoms in total. The molecule has 3 N–H and O–H groups in total. The van der Waals surface area contributed by atoms with E-state index in [0.717, 1.165) is 11.0 Å². The lowest BCUT2D eigenvalue weighted by Gasteiger charge is -2.23. The molecule has 0 aliphatic carbocycles. The van der Waals surface area contributed by atoms with Gasteiger partial charge >= 0.3 is 5.97 Å². The molecule has 0 aliphatic rings. The topological polar surface area (TPSA) is 123 Å². The smallest absolute Gasteiger partial charge is 0.326 e. The molecule has 0 aliphatic heterocycles. The summed E-state index contributed by atoms with van der Waals surface area (Å²) in [5.41, 5.74) is 0.0521. The average molecular weight is 303 g/mol. The van der Waals surface area contributed by atoms with E-state index in [2.05, 4.69) is 0 Å². The molecule has 1 aromatic rings. The van der Waals surface area contributed by atoms with Crippen LogP contribution < -0.4 is 5.14 Å². The van der Waals surface area contributed by atoms with Crippen LogP contribution in [-0.2, 0) is 21.9 Å². The number of aliphatic carboxylic acids is 1. The summed E-state index contributed by atoms with van der Waals surface area (Å²) >= 11 is 0. The summed E-state index contributed by atoms with van der Waals surface area (Å²) < 4.78 is 23.8. The van der Waals surface area contributed by atoms with Gasteiger partial charge in [-0.15, -0.1) is 0 Å². The third kappa shape index (κ3) is 3.17. The number of rotatable bonds is 5. The molecule has 0 fully saturated rings. The van der Waals surface area contributed by atoms with Crippen LogP contribution in [0.5, 0.6) is 0 Å². The fourth-order valence-corrected chi connectivity index (χ4v) is 2.42. The number of amides is 1. The fraction of sp³-hybridized carbons (Fsp3) is 0.455. The quantitative estimate of drug-likeness (QED) is 0.766. The number of nitrogens with zero attached hydrogens (tertiary/aromatic N) is 2. The van der Waals surface area contributed by atoms with Crippen molar-refractivity contribution in [3.8, 4) is 0 Å². The van der Waals surface area contributed by atoms with Gasteiger partial charge < -0.3 is 14.6 Å². The second-order valence-corrected chi connectivity index (χ2v) is 5.96. The molecule has 20 heavy (non-hydrogen) atoms. The first kappa shape index (κ1) is 16.2. The number of carboxylic acid groups (broad SMARTS) is 1. The molecule has 1 aromatic heterocycles. The van der Waals surface area contributed by atoms with Crippen molar-refractivity contribution in [2.24, 2.45) is 12.2 Å². The Morgan fingerprint density at radius 2 is 2.05 bits per heavy atom. The Labute approximate surface area is 116 Å². The molecule has 1 atom stereocenters. The molecule has 112 valence electrons. The highest BCUT2D eigenvalue weighted by molar-refractivity contribution is 7.89. The summed E-state index contributed by atoms with van der Waals surface area (Å²) in [5, 5.41) is 14.0. The van der Waals surface area contributed by atoms with Gasteiger partial charge in [0.2, 0.25) is 10.0 Å². The summed E-state index contributed by atoms with van der Waals surface area (Å²) in [4.78, 5) is 24.1. The van der Waals surface area contributed by atoms with E-state index < -0.39 is 27.9 Å². The van der Waals surface area contributed by atoms with Crippen molar-refractivity contribution in [3.05, 3.63) is 18.0 Å². The van der Waals surface area contributed by atoms with Crippen molar-refractivity contribution in [1.29, 1.82) is 0 Å². The molecule has 1 heterocycles. The zero-order valence-electron chi connectivity index (χ0n) is 11.4. The van der Waals surface area contributed by atoms with Gasteiger partial charge in [-0.05, 0) is 12.5 Å². The summed E-state index contributed by atoms with van der Waals surface area (Å²) in [6.07, 6.45) is 1.45. The average Bonchev–Trinajstić information content (AvgIpc) is 2.70. The minimum Gasteiger partial charge on any atom is -0.480 e. The number of aromatic nitrogens is 1. The lowest BCUT2D eigenvalue weighted by molar-refractivity contribution is -0.142. The SMILES string of the molecule is CCC(C(=O)O)N(C)C(=O)c1cc(S(N)(=O)=O)cn1C. The number of carboxylic acids is 1. The number of hydrogen-bond acceptors (Lipinski definition) is 4. The summed E-state index contributed by atoms with van der Waals surface area (Å²) in [7, 11) is -1.07. The minimum atomic E-state index is -3.91. The predicted octanol–water partition coefficient (Wildman–Crippen LogP) is -0.392. The number of primary sulfonamides is 1. The summed E-state index contributed by atoms with van der Waals surface area (Å²) in [6.45, 7) is 1.64. The number of hydrogen-bond donors (Lipinski definition) is 2. The molecule has 9 heteroatoms. The molecule has 0 saturated heterocycles. The van der Waals surface area contributed by atoms with Gasteiger partial charge in [-0.25, -0.2) is 18.4 Å². The minimum absolute atomic E-state index is 0.0521. The first-order valence-corrected chi connectivity index (χ1v) is 7.33. The number of nitrogens with two attached hydrogens (primary N) is 1. The molecule has 0 bridgehead atoms. The standard InChI is InChI=1S/C11H17N3O5S/c1-4-8(11(16)17)14(3)10(15)9-5-7(6-13(9)2)20(12,18)19/h5-6,8H,4H2,1-3H3,(H,16,17)(H2,12,18,19). The summed E-state index contributed by atoms with van der Waals surface area (Å²) in [5.74, 6) is -1.71. The van der Waals surface area contributed by atoms with Crippen molar-refractivity contribution in [2.45, 2.75) is 24.3 Å². The van der Waals surface area contributed by atoms with E-state index in [4.69, 9.17) is 10.2 Å². The van der Waals surface area contributed by atoms with Crippen LogP contribution in [0.4, 0.5) is 0 Å². The van der Waals surface area contributed by atoms with Crippen LogP contribution in [-0.4, -0.2) is 48.0 Å². The zero-order chi connectivity index (χ0) is 15.7. The Morgan fingerprint density at radius 1 is 1.50 bits per heavy atom. The van der Waals surface area contributed by atoms with Gasteiger partial charge in [-0.1, -0.05) is 6.92 Å². The summed E-state index contributed by atoms with van der Waals surface area (Å²) in [6, 6.07) is 0.151. The predicted molar refractivity (Wildman–Crippen MR) is 70.6 cm³/mol. The van der Waals surface area contributed by atoms with E-state index in [1.165, 1.54) is 24.9 Å². The van der Waals surface area contributed by atoms with Gasteiger partial charge in [0, 0.05) is 20.3 Å². The molecular weight excluding hydrogens is 286 g/mol. The van der Waals surface area contributed by atoms with Crippen LogP contribution >= 0.6 is 0 Å². The number of sulfonamides is 1. The largest absolute Gasteiger partial charge is 0.480 e. The van der Waals surface area contributed by atoms with Crippen molar-refractivity contribution in [3.63, 3.8) is 0 Å². The van der Waals surface area contributed by atoms with Crippen LogP contribution in [0.1, 0.15) is 23.8 Å². The zero-order valence-corrected chi connectivity index (χ0v) is 12.2. The maximum absolute atomic E-state index is 12.2. The van der Waals surface area contributed by atoms with Crippen molar-refractivity contribution in [2.75, 3.05) is 7.05 Å². The Morgan fingerprint density at radius 3 is 2.40 bits per heavy atom. The van der Waals surface area contributed by atoms with Gasteiger partial charge in [-0.2, -0.15) is 0 Å². The van der Waals surface area contributed by atoms with Gasteiger partial charge in [0.1, 0.15) is 16.6 Å². The molecule has 1 unspecified atom stereocenters. The van der Waals surface area contributed by atoms with Crippen molar-refractivity contribution < 1.29 is 23.1 Å². The lowest BCUT2D eigenvalue weighted by Crippen LogP contribution is -2.42. The second-order valence-electron chi connectivity index (χ2n) is 4.40. The number of likely N-dealkylation sites (N-methyl/N-ethyl adjacent to an activating group) is 1. The highest BCUT2D eigenvalue weighted by atomic mass is 32.2.